The lowest BCUT2D eigenvalue weighted by Gasteiger charge is -1.95. The van der Waals surface area contributed by atoms with Crippen LogP contribution in [0.25, 0.3) is 6.08 Å². The molecule has 0 saturated carbocycles. The monoisotopic (exact) mass is 164 g/mol. The molecule has 1 aromatic carbocycles. The summed E-state index contributed by atoms with van der Waals surface area (Å²) in [6.45, 7) is 2.03. The third-order valence-corrected chi connectivity index (χ3v) is 2.22. The highest BCUT2D eigenvalue weighted by atomic mass is 32.2. The van der Waals surface area contributed by atoms with E-state index in [9.17, 15) is 0 Å². The van der Waals surface area contributed by atoms with Crippen molar-refractivity contribution < 1.29 is 0 Å². The Labute approximate surface area is 72.3 Å². The molecule has 0 atom stereocenters. The molecule has 11 heavy (non-hydrogen) atoms. The Balaban J connectivity index is 2.82. The van der Waals surface area contributed by atoms with Crippen molar-refractivity contribution in [3.8, 4) is 0 Å². The van der Waals surface area contributed by atoms with Gasteiger partial charge in [0.2, 0.25) is 0 Å². The molecule has 0 aromatic heterocycles. The van der Waals surface area contributed by atoms with Gasteiger partial charge in [0.15, 0.2) is 0 Å². The summed E-state index contributed by atoms with van der Waals surface area (Å²) >= 11 is 1.77. The molecule has 0 heterocycles. The predicted octanol–water partition coefficient (Wildman–Crippen LogP) is 3.44. The van der Waals surface area contributed by atoms with Gasteiger partial charge >= 0.3 is 0 Å². The van der Waals surface area contributed by atoms with E-state index in [1.54, 1.807) is 11.8 Å². The maximum atomic E-state index is 2.14. The van der Waals surface area contributed by atoms with Crippen molar-refractivity contribution in [2.45, 2.75) is 11.8 Å². The van der Waals surface area contributed by atoms with Crippen LogP contribution in [0.15, 0.2) is 35.2 Å². The van der Waals surface area contributed by atoms with Crippen LogP contribution in [-0.4, -0.2) is 6.26 Å². The highest BCUT2D eigenvalue weighted by Gasteiger charge is 1.87. The molecule has 0 radical (unpaired) electrons. The number of benzene rings is 1. The molecule has 0 fully saturated rings. The molecule has 0 saturated heterocycles. The second-order valence-corrected chi connectivity index (χ2v) is 3.15. The van der Waals surface area contributed by atoms with Gasteiger partial charge < -0.3 is 0 Å². The molecule has 0 aliphatic rings. The minimum Gasteiger partial charge on any atom is -0.130 e. The lowest BCUT2D eigenvalue weighted by atomic mass is 10.2. The van der Waals surface area contributed by atoms with Gasteiger partial charge in [0.25, 0.3) is 0 Å². The van der Waals surface area contributed by atoms with Crippen LogP contribution in [0, 0.1) is 0 Å². The standard InChI is InChI=1S/C10H12S/c1-3-4-9-5-7-10(11-2)8-6-9/h3-8H,1-2H3/b4-3-. The second kappa shape index (κ2) is 4.24. The SMILES string of the molecule is C/C=C\c1ccc(SC)cc1. The molecule has 0 aliphatic carbocycles. The molecule has 0 spiro atoms. The molecule has 1 heteroatoms. The largest absolute Gasteiger partial charge is 0.130 e. The molecular formula is C10H12S. The fourth-order valence-corrected chi connectivity index (χ4v) is 1.32. The molecule has 0 aliphatic heterocycles. The van der Waals surface area contributed by atoms with Gasteiger partial charge in [0.1, 0.15) is 0 Å². The first-order valence-corrected chi connectivity index (χ1v) is 4.86. The first kappa shape index (κ1) is 8.41. The zero-order valence-corrected chi connectivity index (χ0v) is 7.69. The van der Waals surface area contributed by atoms with Crippen LogP contribution in [0.5, 0.6) is 0 Å². The van der Waals surface area contributed by atoms with Crippen molar-refractivity contribution in [2.24, 2.45) is 0 Å². The Bertz CT molecular complexity index is 234. The van der Waals surface area contributed by atoms with Crippen molar-refractivity contribution in [1.29, 1.82) is 0 Å². The quantitative estimate of drug-likeness (QED) is 0.603. The molecule has 1 rings (SSSR count). The summed E-state index contributed by atoms with van der Waals surface area (Å²) in [5.74, 6) is 0. The van der Waals surface area contributed by atoms with E-state index in [1.807, 2.05) is 13.0 Å². The lowest BCUT2D eigenvalue weighted by molar-refractivity contribution is 1.45. The predicted molar refractivity (Wildman–Crippen MR) is 52.9 cm³/mol. The molecule has 0 nitrogen and oxygen atoms in total. The number of thioether (sulfide) groups is 1. The fourth-order valence-electron chi connectivity index (χ4n) is 0.907. The molecule has 1 aromatic rings. The number of hydrogen-bond donors (Lipinski definition) is 0. The topological polar surface area (TPSA) is 0 Å². The smallest absolute Gasteiger partial charge is 0.00695 e. The third kappa shape index (κ3) is 2.43. The molecule has 0 amide bonds. The zero-order valence-electron chi connectivity index (χ0n) is 6.87. The van der Waals surface area contributed by atoms with Crippen molar-refractivity contribution in [1.82, 2.24) is 0 Å². The van der Waals surface area contributed by atoms with Gasteiger partial charge in [-0.1, -0.05) is 24.3 Å². The molecule has 0 unspecified atom stereocenters. The highest BCUT2D eigenvalue weighted by Crippen LogP contribution is 2.15. The van der Waals surface area contributed by atoms with Crippen molar-refractivity contribution in [2.75, 3.05) is 6.26 Å². The summed E-state index contributed by atoms with van der Waals surface area (Å²) in [5.41, 5.74) is 1.27. The summed E-state index contributed by atoms with van der Waals surface area (Å²) in [7, 11) is 0. The van der Waals surface area contributed by atoms with Crippen LogP contribution < -0.4 is 0 Å². The Morgan fingerprint density at radius 2 is 1.82 bits per heavy atom. The van der Waals surface area contributed by atoms with Crippen LogP contribution in [0.4, 0.5) is 0 Å². The molecular weight excluding hydrogens is 152 g/mol. The first-order valence-electron chi connectivity index (χ1n) is 3.63. The lowest BCUT2D eigenvalue weighted by Crippen LogP contribution is -1.71. The maximum absolute atomic E-state index is 2.14. The first-order chi connectivity index (χ1) is 5.36. The van der Waals surface area contributed by atoms with Gasteiger partial charge in [-0.3, -0.25) is 0 Å². The molecule has 0 N–H and O–H groups in total. The molecule has 0 bridgehead atoms. The van der Waals surface area contributed by atoms with Gasteiger partial charge in [-0.05, 0) is 30.9 Å². The zero-order chi connectivity index (χ0) is 8.10. The van der Waals surface area contributed by atoms with Gasteiger partial charge in [-0.2, -0.15) is 0 Å². The van der Waals surface area contributed by atoms with Crippen LogP contribution in [0.2, 0.25) is 0 Å². The Kier molecular flexibility index (Phi) is 3.24. The minimum atomic E-state index is 1.27. The Hall–Kier alpha value is -0.690. The van der Waals surface area contributed by atoms with Crippen LogP contribution >= 0.6 is 11.8 Å². The van der Waals surface area contributed by atoms with E-state index >= 15 is 0 Å². The Morgan fingerprint density at radius 1 is 1.18 bits per heavy atom. The van der Waals surface area contributed by atoms with E-state index in [-0.39, 0.29) is 0 Å². The van der Waals surface area contributed by atoms with E-state index in [2.05, 4.69) is 36.6 Å². The minimum absolute atomic E-state index is 1.27. The van der Waals surface area contributed by atoms with Crippen molar-refractivity contribution >= 4 is 17.8 Å². The van der Waals surface area contributed by atoms with Crippen LogP contribution in [0.1, 0.15) is 12.5 Å². The van der Waals surface area contributed by atoms with Gasteiger partial charge in [-0.15, -0.1) is 11.8 Å². The normalized spacial score (nSPS) is 10.7. The summed E-state index contributed by atoms with van der Waals surface area (Å²) in [5, 5.41) is 0. The van der Waals surface area contributed by atoms with Crippen LogP contribution in [-0.2, 0) is 0 Å². The van der Waals surface area contributed by atoms with E-state index in [1.165, 1.54) is 10.5 Å². The number of hydrogen-bond acceptors (Lipinski definition) is 1. The summed E-state index contributed by atoms with van der Waals surface area (Å²) in [6.07, 6.45) is 6.24. The average molecular weight is 164 g/mol. The van der Waals surface area contributed by atoms with Crippen LogP contribution in [0.3, 0.4) is 0 Å². The Morgan fingerprint density at radius 3 is 2.27 bits per heavy atom. The van der Waals surface area contributed by atoms with E-state index in [4.69, 9.17) is 0 Å². The highest BCUT2D eigenvalue weighted by molar-refractivity contribution is 7.98. The van der Waals surface area contributed by atoms with Crippen molar-refractivity contribution in [3.05, 3.63) is 35.9 Å². The number of allylic oxidation sites excluding steroid dienone is 1. The van der Waals surface area contributed by atoms with Crippen molar-refractivity contribution in [3.63, 3.8) is 0 Å². The summed E-state index contributed by atoms with van der Waals surface area (Å²) < 4.78 is 0. The summed E-state index contributed by atoms with van der Waals surface area (Å²) in [4.78, 5) is 1.32. The summed E-state index contributed by atoms with van der Waals surface area (Å²) in [6, 6.07) is 8.54. The van der Waals surface area contributed by atoms with Gasteiger partial charge in [-0.25, -0.2) is 0 Å². The van der Waals surface area contributed by atoms with Gasteiger partial charge in [0, 0.05) is 4.90 Å². The van der Waals surface area contributed by atoms with E-state index < -0.39 is 0 Å². The average Bonchev–Trinajstić information content (AvgIpc) is 2.07. The third-order valence-electron chi connectivity index (χ3n) is 1.47. The number of rotatable bonds is 2. The van der Waals surface area contributed by atoms with E-state index in [0.717, 1.165) is 0 Å². The molecule has 58 valence electrons. The second-order valence-electron chi connectivity index (χ2n) is 2.27. The maximum Gasteiger partial charge on any atom is 0.00695 e. The fraction of sp³-hybridized carbons (Fsp3) is 0.200. The van der Waals surface area contributed by atoms with Gasteiger partial charge in [0.05, 0.1) is 0 Å². The van der Waals surface area contributed by atoms with E-state index in [0.29, 0.717) is 0 Å².